The van der Waals surface area contributed by atoms with Gasteiger partial charge in [0.15, 0.2) is 35.7 Å². The third-order valence-electron chi connectivity index (χ3n) is 10.5. The molecule has 0 spiro atoms. The maximum Gasteiger partial charge on any atom is 0.328 e. The van der Waals surface area contributed by atoms with Crippen LogP contribution in [0.4, 0.5) is 0 Å². The van der Waals surface area contributed by atoms with E-state index >= 15 is 0 Å². The summed E-state index contributed by atoms with van der Waals surface area (Å²) in [6.45, 7) is 20.1. The number of benzene rings is 1. The predicted octanol–water partition coefficient (Wildman–Crippen LogP) is 3.72. The van der Waals surface area contributed by atoms with E-state index in [-0.39, 0.29) is 18.9 Å². The molecule has 1 aromatic carbocycles. The Morgan fingerprint density at radius 1 is 0.611 bits per heavy atom. The molecule has 1 amide bonds. The second-order valence-corrected chi connectivity index (χ2v) is 17.3. The zero-order valence-electron chi connectivity index (χ0n) is 33.2. The lowest BCUT2D eigenvalue weighted by molar-refractivity contribution is -0.237. The highest BCUT2D eigenvalue weighted by molar-refractivity contribution is 5.87. The fourth-order valence-electron chi connectivity index (χ4n) is 8.42. The Bertz CT molecular complexity index is 1520. The zero-order valence-corrected chi connectivity index (χ0v) is 33.2. The van der Waals surface area contributed by atoms with Gasteiger partial charge in [0.2, 0.25) is 5.91 Å². The number of esters is 1. The van der Waals surface area contributed by atoms with Gasteiger partial charge in [-0.05, 0) is 81.7 Å². The Morgan fingerprint density at radius 2 is 1.04 bits per heavy atom. The van der Waals surface area contributed by atoms with E-state index in [1.54, 1.807) is 27.7 Å². The van der Waals surface area contributed by atoms with Gasteiger partial charge in [-0.15, -0.1) is 0 Å². The van der Waals surface area contributed by atoms with Crippen molar-refractivity contribution in [3.8, 4) is 0 Å². The molecule has 6 aliphatic rings. The van der Waals surface area contributed by atoms with Crippen molar-refractivity contribution >= 4 is 11.9 Å². The van der Waals surface area contributed by atoms with E-state index in [0.717, 1.165) is 5.56 Å². The van der Waals surface area contributed by atoms with Gasteiger partial charge in [0.25, 0.3) is 0 Å². The smallest absolute Gasteiger partial charge is 0.328 e. The van der Waals surface area contributed by atoms with Crippen LogP contribution in [-0.4, -0.2) is 115 Å². The van der Waals surface area contributed by atoms with Crippen molar-refractivity contribution in [2.24, 2.45) is 0 Å². The van der Waals surface area contributed by atoms with Crippen molar-refractivity contribution in [3.05, 3.63) is 35.9 Å². The zero-order chi connectivity index (χ0) is 39.0. The molecule has 302 valence electrons. The molecule has 0 unspecified atom stereocenters. The molecule has 6 aliphatic heterocycles. The largest absolute Gasteiger partial charge is 0.461 e. The van der Waals surface area contributed by atoms with Gasteiger partial charge in [-0.1, -0.05) is 30.3 Å². The molecule has 54 heavy (non-hydrogen) atoms. The lowest BCUT2D eigenvalue weighted by atomic mass is 9.92. The summed E-state index contributed by atoms with van der Waals surface area (Å²) < 4.78 is 68.7. The van der Waals surface area contributed by atoms with Crippen molar-refractivity contribution in [1.82, 2.24) is 10.6 Å². The van der Waals surface area contributed by atoms with E-state index in [1.165, 1.54) is 0 Å². The van der Waals surface area contributed by atoms with Gasteiger partial charge in [-0.25, -0.2) is 4.79 Å². The molecule has 0 bridgehead atoms. The normalized spacial score (nSPS) is 38.4. The SMILES string of the molecule is CC(C)OC(=O)[C@H](C[C@H]1O[C@@H]2OC(C)(C)O[C@@H]2[C@H]2OC(C)(C)O[C@H]21)NC(=O)[C@H](C[C@H]1O[C@@H]2OC(C)(C)O[C@@H]2[C@H]2OC(C)(C)O[C@H]21)N[C@@H](C)c1ccccc1. The summed E-state index contributed by atoms with van der Waals surface area (Å²) >= 11 is 0. The van der Waals surface area contributed by atoms with Crippen LogP contribution in [0.5, 0.6) is 0 Å². The van der Waals surface area contributed by atoms with E-state index < -0.39 is 115 Å². The molecule has 0 saturated carbocycles. The maximum absolute atomic E-state index is 14.7. The van der Waals surface area contributed by atoms with E-state index in [0.29, 0.717) is 0 Å². The number of nitrogens with one attached hydrogen (secondary N) is 2. The van der Waals surface area contributed by atoms with Gasteiger partial charge in [0.1, 0.15) is 42.7 Å². The number of rotatable bonds is 11. The summed E-state index contributed by atoms with van der Waals surface area (Å²) in [5, 5.41) is 6.53. The van der Waals surface area contributed by atoms with E-state index in [9.17, 15) is 9.59 Å². The van der Waals surface area contributed by atoms with Crippen molar-refractivity contribution < 1.29 is 61.7 Å². The Hall–Kier alpha value is -2.28. The van der Waals surface area contributed by atoms with Crippen LogP contribution in [-0.2, 0) is 61.7 Å². The molecule has 7 rings (SSSR count). The monoisotopic (exact) mass is 762 g/mol. The quantitative estimate of drug-likeness (QED) is 0.314. The number of hydrogen-bond donors (Lipinski definition) is 2. The molecule has 0 radical (unpaired) electrons. The fourth-order valence-corrected chi connectivity index (χ4v) is 8.42. The second-order valence-electron chi connectivity index (χ2n) is 17.3. The predicted molar refractivity (Wildman–Crippen MR) is 189 cm³/mol. The van der Waals surface area contributed by atoms with Gasteiger partial charge < -0.3 is 57.4 Å². The van der Waals surface area contributed by atoms with Crippen LogP contribution in [0.25, 0.3) is 0 Å². The summed E-state index contributed by atoms with van der Waals surface area (Å²) in [4.78, 5) is 28.5. The minimum absolute atomic E-state index is 0.0195. The third-order valence-corrected chi connectivity index (χ3v) is 10.5. The highest BCUT2D eigenvalue weighted by atomic mass is 16.9. The van der Waals surface area contributed by atoms with Crippen molar-refractivity contribution in [2.75, 3.05) is 0 Å². The van der Waals surface area contributed by atoms with Crippen LogP contribution in [0, 0.1) is 0 Å². The second kappa shape index (κ2) is 14.6. The Morgan fingerprint density at radius 3 is 1.52 bits per heavy atom. The van der Waals surface area contributed by atoms with Crippen LogP contribution < -0.4 is 10.6 Å². The molecule has 1 aromatic rings. The Balaban J connectivity index is 1.15. The van der Waals surface area contributed by atoms with Crippen LogP contribution in [0.2, 0.25) is 0 Å². The summed E-state index contributed by atoms with van der Waals surface area (Å²) in [5.41, 5.74) is 0.975. The summed E-state index contributed by atoms with van der Waals surface area (Å²) in [6, 6.07) is 7.54. The van der Waals surface area contributed by atoms with Gasteiger partial charge >= 0.3 is 5.97 Å². The molecule has 13 atom stereocenters. The highest BCUT2D eigenvalue weighted by Gasteiger charge is 2.62. The van der Waals surface area contributed by atoms with Crippen LogP contribution >= 0.6 is 0 Å². The maximum atomic E-state index is 14.7. The molecular weight excluding hydrogens is 704 g/mol. The first-order valence-corrected chi connectivity index (χ1v) is 19.2. The lowest BCUT2D eigenvalue weighted by Gasteiger charge is -2.39. The van der Waals surface area contributed by atoms with Crippen molar-refractivity contribution in [1.29, 1.82) is 0 Å². The number of carbonyl (C=O) groups is 2. The van der Waals surface area contributed by atoms with E-state index in [1.807, 2.05) is 78.8 Å². The Labute approximate surface area is 317 Å². The molecule has 6 fully saturated rings. The molecule has 6 heterocycles. The van der Waals surface area contributed by atoms with E-state index in [4.69, 9.17) is 52.1 Å². The first-order valence-electron chi connectivity index (χ1n) is 19.2. The number of ether oxygens (including phenoxy) is 11. The van der Waals surface area contributed by atoms with Crippen LogP contribution in [0.1, 0.15) is 101 Å². The molecule has 0 aromatic heterocycles. The van der Waals surface area contributed by atoms with Crippen LogP contribution in [0.3, 0.4) is 0 Å². The first-order chi connectivity index (χ1) is 25.2. The van der Waals surface area contributed by atoms with Gasteiger partial charge in [-0.2, -0.15) is 0 Å². The fraction of sp³-hybridized carbons (Fsp3) is 0.795. The standard InChI is InChI=1S/C39H58N2O13/c1-19(2)44-33(43)23(18-25-27-29(50-37(6,7)48-27)31-35(46-25)54-39(10,11)52-31)41-32(42)22(40-20(3)21-15-13-12-14-16-21)17-24-26-28(49-36(4,5)47-26)30-34(45-24)53-38(8,9)51-30/h12-16,19-20,22-31,34-35,40H,17-18H2,1-11H3,(H,41,42)/t20-,22-,23-,24+,25+,26-,27-,28-,29-,30+,31+,34+,35+/m0/s1. The average molecular weight is 763 g/mol. The van der Waals surface area contributed by atoms with Gasteiger partial charge in [-0.3, -0.25) is 10.1 Å². The lowest BCUT2D eigenvalue weighted by Crippen LogP contribution is -2.60. The molecule has 2 N–H and O–H groups in total. The van der Waals surface area contributed by atoms with Crippen LogP contribution in [0.15, 0.2) is 30.3 Å². The molecule has 15 heteroatoms. The Kier molecular flexibility index (Phi) is 10.8. The highest BCUT2D eigenvalue weighted by Crippen LogP contribution is 2.46. The van der Waals surface area contributed by atoms with Crippen molar-refractivity contribution in [3.63, 3.8) is 0 Å². The van der Waals surface area contributed by atoms with E-state index in [2.05, 4.69) is 10.6 Å². The summed E-state index contributed by atoms with van der Waals surface area (Å²) in [5.74, 6) is -4.73. The number of carbonyl (C=O) groups excluding carboxylic acids is 2. The van der Waals surface area contributed by atoms with Gasteiger partial charge in [0.05, 0.1) is 24.4 Å². The van der Waals surface area contributed by atoms with Crippen molar-refractivity contribution in [2.45, 2.75) is 198 Å². The average Bonchev–Trinajstić information content (AvgIpc) is 3.77. The molecule has 6 saturated heterocycles. The topological polar surface area (TPSA) is 160 Å². The third kappa shape index (κ3) is 8.52. The molecular formula is C39H58N2O13. The summed E-state index contributed by atoms with van der Waals surface area (Å²) in [7, 11) is 0. The minimum Gasteiger partial charge on any atom is -0.461 e. The number of amides is 1. The summed E-state index contributed by atoms with van der Waals surface area (Å²) in [6.07, 6.45) is -6.41. The molecule has 0 aliphatic carbocycles. The number of hydrogen-bond acceptors (Lipinski definition) is 14. The first kappa shape index (κ1) is 39.9. The van der Waals surface area contributed by atoms with Gasteiger partial charge in [0, 0.05) is 18.9 Å². The minimum atomic E-state index is -1.12. The number of fused-ring (bicyclic) bond motifs is 6. The molecule has 15 nitrogen and oxygen atoms in total.